The molecule has 26 heavy (non-hydrogen) atoms. The van der Waals surface area contributed by atoms with Crippen molar-refractivity contribution >= 4 is 5.91 Å². The lowest BCUT2D eigenvalue weighted by molar-refractivity contribution is -0.134. The molecule has 0 N–H and O–H groups in total. The van der Waals surface area contributed by atoms with Crippen molar-refractivity contribution in [1.29, 1.82) is 0 Å². The summed E-state index contributed by atoms with van der Waals surface area (Å²) < 4.78 is 16.7. The minimum Gasteiger partial charge on any atom is -0.381 e. The van der Waals surface area contributed by atoms with Crippen LogP contribution in [0.3, 0.4) is 0 Å². The van der Waals surface area contributed by atoms with E-state index in [-0.39, 0.29) is 12.0 Å². The monoisotopic (exact) mass is 365 g/mol. The number of amides is 1. The molecule has 3 heterocycles. The second kappa shape index (κ2) is 9.46. The van der Waals surface area contributed by atoms with Gasteiger partial charge in [-0.3, -0.25) is 4.79 Å². The van der Waals surface area contributed by atoms with Crippen molar-refractivity contribution in [1.82, 2.24) is 15.0 Å². The highest BCUT2D eigenvalue weighted by Crippen LogP contribution is 2.25. The molecule has 2 saturated heterocycles. The molecular formula is C19H31N3O4. The number of aromatic nitrogens is 2. The number of hydrogen-bond acceptors (Lipinski definition) is 6. The Kier molecular flexibility index (Phi) is 7.02. The maximum absolute atomic E-state index is 12.1. The fraction of sp³-hybridized carbons (Fsp3) is 0.842. The molecule has 2 fully saturated rings. The average molecular weight is 365 g/mol. The minimum absolute atomic E-state index is 0.222. The van der Waals surface area contributed by atoms with Crippen LogP contribution in [-0.4, -0.2) is 60.0 Å². The molecule has 7 heteroatoms. The number of carbonyl (C=O) groups excluding carboxylic acids is 1. The van der Waals surface area contributed by atoms with Crippen LogP contribution in [0.4, 0.5) is 0 Å². The van der Waals surface area contributed by atoms with Gasteiger partial charge in [0.2, 0.25) is 11.8 Å². The lowest BCUT2D eigenvalue weighted by atomic mass is 10.0. The highest BCUT2D eigenvalue weighted by Gasteiger charge is 2.24. The highest BCUT2D eigenvalue weighted by atomic mass is 16.5. The van der Waals surface area contributed by atoms with Crippen LogP contribution in [0.25, 0.3) is 0 Å². The van der Waals surface area contributed by atoms with Crippen molar-refractivity contribution in [3.8, 4) is 0 Å². The van der Waals surface area contributed by atoms with Gasteiger partial charge in [-0.1, -0.05) is 19.0 Å². The smallest absolute Gasteiger partial charge is 0.229 e. The van der Waals surface area contributed by atoms with E-state index < -0.39 is 0 Å². The largest absolute Gasteiger partial charge is 0.381 e. The van der Waals surface area contributed by atoms with Gasteiger partial charge in [0, 0.05) is 45.1 Å². The molecular weight excluding hydrogens is 334 g/mol. The van der Waals surface area contributed by atoms with E-state index >= 15 is 0 Å². The Hall–Kier alpha value is -1.47. The Balaban J connectivity index is 1.34. The van der Waals surface area contributed by atoms with Crippen LogP contribution in [-0.2, 0) is 20.7 Å². The first-order valence-electron chi connectivity index (χ1n) is 9.91. The molecule has 146 valence electrons. The summed E-state index contributed by atoms with van der Waals surface area (Å²) in [4.78, 5) is 18.6. The number of likely N-dealkylation sites (tertiary alicyclic amines) is 1. The number of carbonyl (C=O) groups is 1. The Morgan fingerprint density at radius 2 is 1.96 bits per heavy atom. The first-order chi connectivity index (χ1) is 12.6. The minimum atomic E-state index is 0.222. The maximum atomic E-state index is 12.1. The zero-order valence-electron chi connectivity index (χ0n) is 16.0. The molecule has 0 atom stereocenters. The van der Waals surface area contributed by atoms with Crippen LogP contribution in [0.15, 0.2) is 4.52 Å². The molecule has 0 unspecified atom stereocenters. The molecule has 0 saturated carbocycles. The highest BCUT2D eigenvalue weighted by molar-refractivity contribution is 5.76. The number of piperidine rings is 1. The van der Waals surface area contributed by atoms with Crippen LogP contribution in [0.1, 0.15) is 63.6 Å². The summed E-state index contributed by atoms with van der Waals surface area (Å²) in [5.74, 6) is 2.47. The summed E-state index contributed by atoms with van der Waals surface area (Å²) in [6, 6.07) is 0. The normalized spacial score (nSPS) is 20.0. The fourth-order valence-electron chi connectivity index (χ4n) is 3.55. The van der Waals surface area contributed by atoms with E-state index in [1.807, 2.05) is 4.90 Å². The van der Waals surface area contributed by atoms with E-state index in [4.69, 9.17) is 14.0 Å². The lowest BCUT2D eigenvalue weighted by Crippen LogP contribution is -2.41. The zero-order chi connectivity index (χ0) is 18.4. The van der Waals surface area contributed by atoms with E-state index in [1.165, 1.54) is 0 Å². The molecule has 7 nitrogen and oxygen atoms in total. The summed E-state index contributed by atoms with van der Waals surface area (Å²) in [5, 5.41) is 4.08. The average Bonchev–Trinajstić information content (AvgIpc) is 3.11. The van der Waals surface area contributed by atoms with Crippen LogP contribution in [0.2, 0.25) is 0 Å². The summed E-state index contributed by atoms with van der Waals surface area (Å²) in [6.07, 6.45) is 5.24. The van der Waals surface area contributed by atoms with Gasteiger partial charge in [0.05, 0.1) is 12.7 Å². The molecule has 0 bridgehead atoms. The quantitative estimate of drug-likeness (QED) is 0.739. The van der Waals surface area contributed by atoms with Gasteiger partial charge in [0.15, 0.2) is 5.82 Å². The topological polar surface area (TPSA) is 77.7 Å². The standard InChI is InChI=1S/C19H31N3O4/c1-14(2)13-18(23)22-8-3-16(4-9-22)25-12-7-17-20-19(26-21-17)15-5-10-24-11-6-15/h14-16H,3-13H2,1-2H3. The van der Waals surface area contributed by atoms with E-state index in [9.17, 15) is 4.79 Å². The van der Waals surface area contributed by atoms with Crippen LogP contribution >= 0.6 is 0 Å². The first-order valence-corrected chi connectivity index (χ1v) is 9.91. The van der Waals surface area contributed by atoms with Gasteiger partial charge in [-0.15, -0.1) is 0 Å². The fourth-order valence-corrected chi connectivity index (χ4v) is 3.55. The number of nitrogens with zero attached hydrogens (tertiary/aromatic N) is 3. The first kappa shape index (κ1) is 19.3. The molecule has 2 aliphatic rings. The Morgan fingerprint density at radius 1 is 1.23 bits per heavy atom. The van der Waals surface area contributed by atoms with Gasteiger partial charge in [0.25, 0.3) is 0 Å². The summed E-state index contributed by atoms with van der Waals surface area (Å²) in [7, 11) is 0. The van der Waals surface area contributed by atoms with Crippen molar-refractivity contribution in [2.45, 2.75) is 64.4 Å². The molecule has 0 spiro atoms. The van der Waals surface area contributed by atoms with Crippen molar-refractivity contribution in [2.75, 3.05) is 32.9 Å². The second-order valence-electron chi connectivity index (χ2n) is 7.73. The lowest BCUT2D eigenvalue weighted by Gasteiger charge is -2.32. The van der Waals surface area contributed by atoms with Crippen molar-refractivity contribution < 1.29 is 18.8 Å². The molecule has 0 aliphatic carbocycles. The molecule has 0 aromatic carbocycles. The number of hydrogen-bond donors (Lipinski definition) is 0. The number of rotatable bonds is 7. The molecule has 1 amide bonds. The molecule has 0 radical (unpaired) electrons. The predicted octanol–water partition coefficient (Wildman–Crippen LogP) is 2.56. The predicted molar refractivity (Wildman–Crippen MR) is 95.8 cm³/mol. The van der Waals surface area contributed by atoms with Crippen LogP contribution < -0.4 is 0 Å². The Bertz CT molecular complexity index is 561. The third kappa shape index (κ3) is 5.51. The second-order valence-corrected chi connectivity index (χ2v) is 7.73. The van der Waals surface area contributed by atoms with E-state index in [0.29, 0.717) is 31.3 Å². The van der Waals surface area contributed by atoms with Gasteiger partial charge < -0.3 is 18.9 Å². The van der Waals surface area contributed by atoms with Crippen molar-refractivity contribution in [3.05, 3.63) is 11.7 Å². The zero-order valence-corrected chi connectivity index (χ0v) is 16.0. The van der Waals surface area contributed by atoms with Gasteiger partial charge >= 0.3 is 0 Å². The van der Waals surface area contributed by atoms with Crippen molar-refractivity contribution in [3.63, 3.8) is 0 Å². The summed E-state index contributed by atoms with van der Waals surface area (Å²) in [5.41, 5.74) is 0. The Labute approximate surface area is 155 Å². The van der Waals surface area contributed by atoms with Gasteiger partial charge in [-0.05, 0) is 31.6 Å². The number of ether oxygens (including phenoxy) is 2. The third-order valence-electron chi connectivity index (χ3n) is 5.11. The van der Waals surface area contributed by atoms with E-state index in [2.05, 4.69) is 24.0 Å². The molecule has 3 rings (SSSR count). The molecule has 1 aromatic rings. The van der Waals surface area contributed by atoms with Crippen molar-refractivity contribution in [2.24, 2.45) is 5.92 Å². The SMILES string of the molecule is CC(C)CC(=O)N1CCC(OCCc2noc(C3CCOCC3)n2)CC1. The van der Waals surface area contributed by atoms with Crippen LogP contribution in [0, 0.1) is 5.92 Å². The third-order valence-corrected chi connectivity index (χ3v) is 5.11. The summed E-state index contributed by atoms with van der Waals surface area (Å²) in [6.45, 7) is 7.89. The Morgan fingerprint density at radius 3 is 2.65 bits per heavy atom. The van der Waals surface area contributed by atoms with Crippen LogP contribution in [0.5, 0.6) is 0 Å². The van der Waals surface area contributed by atoms with Gasteiger partial charge in [-0.25, -0.2) is 0 Å². The van der Waals surface area contributed by atoms with Gasteiger partial charge in [-0.2, -0.15) is 4.98 Å². The van der Waals surface area contributed by atoms with E-state index in [0.717, 1.165) is 63.7 Å². The molecule has 1 aromatic heterocycles. The van der Waals surface area contributed by atoms with Gasteiger partial charge in [0.1, 0.15) is 0 Å². The maximum Gasteiger partial charge on any atom is 0.229 e. The molecule has 2 aliphatic heterocycles. The summed E-state index contributed by atoms with van der Waals surface area (Å²) >= 11 is 0. The van der Waals surface area contributed by atoms with E-state index in [1.54, 1.807) is 0 Å².